The van der Waals surface area contributed by atoms with E-state index in [1.54, 1.807) is 13.8 Å². The fourth-order valence-corrected chi connectivity index (χ4v) is 14.4. The smallest absolute Gasteiger partial charge is 0.182 e. The van der Waals surface area contributed by atoms with E-state index < -0.39 is 64.4 Å². The quantitative estimate of drug-likeness (QED) is 0.154. The summed E-state index contributed by atoms with van der Waals surface area (Å²) in [4.78, 5) is 15.2. The van der Waals surface area contributed by atoms with Crippen LogP contribution in [0.5, 0.6) is 0 Å². The van der Waals surface area contributed by atoms with Crippen molar-refractivity contribution in [2.45, 2.75) is 166 Å². The number of hydrogen-bond donors (Lipinski definition) is 9. The molecule has 0 amide bonds. The molecular formula is C46H71N3O8. The van der Waals surface area contributed by atoms with Gasteiger partial charge in [-0.3, -0.25) is 4.79 Å². The summed E-state index contributed by atoms with van der Waals surface area (Å²) >= 11 is 0. The largest absolute Gasteiger partial charge is 0.392 e. The molecule has 8 aliphatic rings. The summed E-state index contributed by atoms with van der Waals surface area (Å²) < 4.78 is 6.75. The van der Waals surface area contributed by atoms with Crippen LogP contribution in [0.2, 0.25) is 0 Å². The molecule has 6 aliphatic carbocycles. The summed E-state index contributed by atoms with van der Waals surface area (Å²) in [7, 11) is 0. The number of carbonyl (C=O) groups excluding carboxylic acids is 1. The van der Waals surface area contributed by atoms with E-state index >= 15 is 4.79 Å². The second-order valence-electron chi connectivity index (χ2n) is 20.5. The Morgan fingerprint density at radius 3 is 2.53 bits per heavy atom. The molecule has 5 fully saturated rings. The number of dihydropyridines is 1. The molecule has 0 radical (unpaired) electrons. The van der Waals surface area contributed by atoms with Crippen LogP contribution in [0.1, 0.15) is 112 Å². The topological polar surface area (TPSA) is 198 Å². The number of ketones is 1. The van der Waals surface area contributed by atoms with E-state index in [9.17, 15) is 30.6 Å². The number of hydrogen-bond acceptors (Lipinski definition) is 11. The summed E-state index contributed by atoms with van der Waals surface area (Å²) in [5.74, 6) is -0.970. The van der Waals surface area contributed by atoms with Crippen molar-refractivity contribution in [3.8, 4) is 0 Å². The molecule has 8 rings (SSSR count). The van der Waals surface area contributed by atoms with Crippen LogP contribution in [0.15, 0.2) is 47.3 Å². The highest BCUT2D eigenvalue weighted by Crippen LogP contribution is 2.73. The highest BCUT2D eigenvalue weighted by Gasteiger charge is 2.73. The lowest BCUT2D eigenvalue weighted by Crippen LogP contribution is -2.67. The van der Waals surface area contributed by atoms with E-state index in [0.717, 1.165) is 24.8 Å². The Bertz CT molecular complexity index is 1680. The van der Waals surface area contributed by atoms with Gasteiger partial charge in [-0.25, -0.2) is 0 Å². The first-order valence-electron chi connectivity index (χ1n) is 22.4. The molecule has 11 heteroatoms. The Morgan fingerprint density at radius 2 is 1.82 bits per heavy atom. The number of Topliss-reactive ketones (excluding diaryl/α,β-unsaturated/α-hetero) is 1. The number of nitrogens with one attached hydrogen (secondary N) is 2. The van der Waals surface area contributed by atoms with Crippen molar-refractivity contribution in [1.29, 1.82) is 0 Å². The van der Waals surface area contributed by atoms with Gasteiger partial charge in [0.2, 0.25) is 0 Å². The van der Waals surface area contributed by atoms with E-state index in [4.69, 9.17) is 10.5 Å². The average Bonchev–Trinajstić information content (AvgIpc) is 3.45. The maximum Gasteiger partial charge on any atom is 0.182 e. The predicted molar refractivity (Wildman–Crippen MR) is 217 cm³/mol. The third-order valence-corrected chi connectivity index (χ3v) is 17.2. The third kappa shape index (κ3) is 6.55. The fraction of sp³-hybridized carbons (Fsp3) is 0.804. The summed E-state index contributed by atoms with van der Waals surface area (Å²) in [6, 6.07) is 0. The third-order valence-electron chi connectivity index (χ3n) is 17.2. The molecule has 2 heterocycles. The maximum atomic E-state index is 15.2. The lowest BCUT2D eigenvalue weighted by atomic mass is 9.41. The monoisotopic (exact) mass is 794 g/mol. The van der Waals surface area contributed by atoms with Crippen molar-refractivity contribution in [1.82, 2.24) is 10.6 Å². The SMILES string of the molecule is CCC[C@@H]1CC[C@H]2[C@H](C)[C@H]([C@@H](O)[C@](C)(O)[C@H]3CC[C@@]4(O)C5=C(NC[C@H](C)O)C(=O)[C@@H]6C[C@@H](O)[C@@H](O)C[C@@]67C[C@@H](C6=CNC(N)C=C6)C=C[C@H](C[C@]34C)[C@@H]57)O[C@@H]2CC1. The van der Waals surface area contributed by atoms with Gasteiger partial charge < -0.3 is 51.7 Å². The first-order valence-corrected chi connectivity index (χ1v) is 22.4. The lowest BCUT2D eigenvalue weighted by molar-refractivity contribution is -0.204. The zero-order valence-corrected chi connectivity index (χ0v) is 34.8. The van der Waals surface area contributed by atoms with Crippen LogP contribution in [-0.4, -0.2) is 97.0 Å². The Labute approximate surface area is 339 Å². The minimum Gasteiger partial charge on any atom is -0.392 e. The molecule has 19 atom stereocenters. The van der Waals surface area contributed by atoms with Gasteiger partial charge in [0, 0.05) is 30.0 Å². The maximum absolute atomic E-state index is 15.2. The van der Waals surface area contributed by atoms with Gasteiger partial charge in [-0.15, -0.1) is 0 Å². The van der Waals surface area contributed by atoms with Gasteiger partial charge in [0.1, 0.15) is 6.10 Å². The molecule has 2 aliphatic heterocycles. The Balaban J connectivity index is 1.20. The minimum absolute atomic E-state index is 0.0578. The highest BCUT2D eigenvalue weighted by molar-refractivity contribution is 6.00. The second kappa shape index (κ2) is 15.1. The van der Waals surface area contributed by atoms with Gasteiger partial charge in [-0.1, -0.05) is 58.3 Å². The summed E-state index contributed by atoms with van der Waals surface area (Å²) in [6.07, 6.45) is 14.2. The molecule has 0 bridgehead atoms. The summed E-state index contributed by atoms with van der Waals surface area (Å²) in [5, 5.41) is 78.5. The Morgan fingerprint density at radius 1 is 1.07 bits per heavy atom. The van der Waals surface area contributed by atoms with Crippen LogP contribution in [0.4, 0.5) is 0 Å². The number of ether oxygens (including phenoxy) is 1. The molecule has 1 unspecified atom stereocenters. The average molecular weight is 794 g/mol. The number of aliphatic hydroxyl groups is 6. The van der Waals surface area contributed by atoms with Crippen LogP contribution in [0.3, 0.4) is 0 Å². The van der Waals surface area contributed by atoms with Crippen molar-refractivity contribution in [3.63, 3.8) is 0 Å². The van der Waals surface area contributed by atoms with E-state index in [2.05, 4.69) is 36.6 Å². The van der Waals surface area contributed by atoms with Gasteiger partial charge in [0.05, 0.1) is 53.6 Å². The normalized spacial score (nSPS) is 48.6. The van der Waals surface area contributed by atoms with Crippen LogP contribution >= 0.6 is 0 Å². The van der Waals surface area contributed by atoms with E-state index in [1.807, 2.05) is 25.3 Å². The standard InChI is InChI=1S/C46H71N3O8/c1-6-7-26-8-13-30-25(3)41(57-34(30)14-9-26)42(54)44(5,55)35-16-17-46(56)38-37-28(19-43(35,46)4)11-10-27(29-12-15-36(47)48-23-29)20-45(37)21-33(52)32(51)18-31(45)40(53)39(38)49-22-24(2)50/h10-12,15,23-28,30-37,41-42,48-52,54-56H,6-9,13-14,16-22,47H2,1-5H3/t24-,25-,26+,27-,28+,30-,31-,32+,33-,34+,35-,36?,37-,41+,42+,43+,44+,45-,46+/m0/s1. The van der Waals surface area contributed by atoms with Crippen LogP contribution in [-0.2, 0) is 9.53 Å². The fourth-order valence-electron chi connectivity index (χ4n) is 14.4. The molecule has 0 aromatic rings. The predicted octanol–water partition coefficient (Wildman–Crippen LogP) is 3.72. The van der Waals surface area contributed by atoms with Crippen molar-refractivity contribution in [2.75, 3.05) is 6.54 Å². The zero-order chi connectivity index (χ0) is 40.8. The molecule has 1 spiro atoms. The molecule has 10 N–H and O–H groups in total. The van der Waals surface area contributed by atoms with Crippen molar-refractivity contribution in [2.24, 2.45) is 63.9 Å². The number of fused-ring (bicyclic) bond motifs is 3. The van der Waals surface area contributed by atoms with E-state index in [0.29, 0.717) is 42.4 Å². The Kier molecular flexibility index (Phi) is 11.0. The molecule has 4 saturated carbocycles. The zero-order valence-electron chi connectivity index (χ0n) is 34.8. The highest BCUT2D eigenvalue weighted by atomic mass is 16.5. The van der Waals surface area contributed by atoms with E-state index in [-0.39, 0.29) is 67.5 Å². The van der Waals surface area contributed by atoms with Crippen LogP contribution in [0.25, 0.3) is 0 Å². The number of allylic oxidation sites excluding steroid dienone is 5. The molecule has 11 nitrogen and oxygen atoms in total. The molecular weight excluding hydrogens is 723 g/mol. The first kappa shape index (κ1) is 41.6. The summed E-state index contributed by atoms with van der Waals surface area (Å²) in [6.45, 7) is 9.94. The van der Waals surface area contributed by atoms with Gasteiger partial charge in [-0.05, 0) is 130 Å². The van der Waals surface area contributed by atoms with Crippen molar-refractivity contribution < 1.29 is 40.2 Å². The van der Waals surface area contributed by atoms with Gasteiger partial charge in [0.15, 0.2) is 5.78 Å². The van der Waals surface area contributed by atoms with Gasteiger partial charge in [0.25, 0.3) is 0 Å². The van der Waals surface area contributed by atoms with Crippen molar-refractivity contribution >= 4 is 5.78 Å². The number of carbonyl (C=O) groups is 1. The van der Waals surface area contributed by atoms with Crippen LogP contribution in [0, 0.1) is 58.2 Å². The molecule has 318 valence electrons. The second-order valence-corrected chi connectivity index (χ2v) is 20.5. The molecule has 0 aromatic carbocycles. The molecule has 57 heavy (non-hydrogen) atoms. The lowest BCUT2D eigenvalue weighted by Gasteiger charge is -2.64. The first-order chi connectivity index (χ1) is 27.0. The van der Waals surface area contributed by atoms with Gasteiger partial charge in [-0.2, -0.15) is 0 Å². The number of rotatable bonds is 9. The minimum atomic E-state index is -1.63. The van der Waals surface area contributed by atoms with E-state index in [1.165, 1.54) is 19.3 Å². The molecule has 0 aromatic heterocycles. The van der Waals surface area contributed by atoms with Crippen molar-refractivity contribution in [3.05, 3.63) is 47.3 Å². The van der Waals surface area contributed by atoms with Crippen LogP contribution < -0.4 is 16.4 Å². The number of aliphatic hydroxyl groups excluding tert-OH is 4. The number of nitrogens with two attached hydrogens (primary N) is 1. The summed E-state index contributed by atoms with van der Waals surface area (Å²) in [5.41, 5.74) is 3.09. The van der Waals surface area contributed by atoms with Gasteiger partial charge >= 0.3 is 0 Å². The Hall–Kier alpha value is -2.09. The molecule has 1 saturated heterocycles.